The predicted molar refractivity (Wildman–Crippen MR) is 147 cm³/mol. The van der Waals surface area contributed by atoms with Gasteiger partial charge in [0.15, 0.2) is 0 Å². The largest absolute Gasteiger partial charge is 0.469 e. The van der Waals surface area contributed by atoms with Gasteiger partial charge in [0.05, 0.1) is 25.2 Å². The van der Waals surface area contributed by atoms with Gasteiger partial charge in [-0.25, -0.2) is 9.97 Å². The van der Waals surface area contributed by atoms with Crippen molar-refractivity contribution in [3.05, 3.63) is 36.7 Å². The third-order valence-electron chi connectivity index (χ3n) is 7.87. The zero-order valence-corrected chi connectivity index (χ0v) is 22.6. The molecule has 2 aliphatic heterocycles. The molecule has 1 saturated carbocycles. The highest BCUT2D eigenvalue weighted by atomic mass is 32.1. The molecule has 0 N–H and O–H groups in total. The van der Waals surface area contributed by atoms with Gasteiger partial charge in [-0.15, -0.1) is 10.2 Å². The van der Waals surface area contributed by atoms with E-state index in [1.165, 1.54) is 50.6 Å². The molecule has 0 radical (unpaired) electrons. The number of anilines is 2. The Morgan fingerprint density at radius 1 is 0.842 bits per heavy atom. The van der Waals surface area contributed by atoms with Crippen molar-refractivity contribution in [3.63, 3.8) is 0 Å². The molecule has 0 unspecified atom stereocenters. The molecule has 4 heterocycles. The van der Waals surface area contributed by atoms with Crippen LogP contribution < -0.4 is 9.80 Å². The number of ether oxygens (including phenoxy) is 2. The van der Waals surface area contributed by atoms with E-state index in [0.717, 1.165) is 58.7 Å². The fourth-order valence-corrected chi connectivity index (χ4v) is 6.38. The molecule has 0 bridgehead atoms. The van der Waals surface area contributed by atoms with Crippen LogP contribution in [0.1, 0.15) is 44.9 Å². The molecule has 2 aromatic heterocycles. The van der Waals surface area contributed by atoms with Gasteiger partial charge in [0.2, 0.25) is 11.1 Å². The van der Waals surface area contributed by atoms with Crippen molar-refractivity contribution in [2.24, 2.45) is 5.92 Å². The monoisotopic (exact) mass is 534 g/mol. The van der Waals surface area contributed by atoms with E-state index in [-0.39, 0.29) is 11.9 Å². The maximum absolute atomic E-state index is 11.6. The summed E-state index contributed by atoms with van der Waals surface area (Å²) in [6, 6.07) is 8.25. The molecule has 2 saturated heterocycles. The fraction of sp³-hybridized carbons (Fsp3) is 0.536. The van der Waals surface area contributed by atoms with Crippen molar-refractivity contribution in [2.45, 2.75) is 57.2 Å². The summed E-state index contributed by atoms with van der Waals surface area (Å²) in [7, 11) is 1.43. The summed E-state index contributed by atoms with van der Waals surface area (Å²) in [4.78, 5) is 25.3. The van der Waals surface area contributed by atoms with Crippen molar-refractivity contribution in [1.29, 1.82) is 0 Å². The molecule has 3 aliphatic rings. The van der Waals surface area contributed by atoms with Crippen molar-refractivity contribution < 1.29 is 14.3 Å². The van der Waals surface area contributed by atoms with Gasteiger partial charge in [0, 0.05) is 49.7 Å². The Bertz CT molecular complexity index is 1210. The smallest absolute Gasteiger partial charge is 0.312 e. The quantitative estimate of drug-likeness (QED) is 0.404. The van der Waals surface area contributed by atoms with E-state index >= 15 is 0 Å². The molecular formula is C28H34N6O3S. The first kappa shape index (κ1) is 25.2. The van der Waals surface area contributed by atoms with Gasteiger partial charge < -0.3 is 19.3 Å². The first-order valence-corrected chi connectivity index (χ1v) is 14.5. The third-order valence-corrected chi connectivity index (χ3v) is 8.90. The summed E-state index contributed by atoms with van der Waals surface area (Å²) in [6.07, 6.45) is 13.2. The molecule has 0 atom stereocenters. The van der Waals surface area contributed by atoms with Crippen LogP contribution in [0.3, 0.4) is 0 Å². The van der Waals surface area contributed by atoms with Crippen LogP contribution in [0, 0.1) is 5.92 Å². The topological polar surface area (TPSA) is 93.6 Å². The number of hydrogen-bond donors (Lipinski definition) is 0. The average Bonchev–Trinajstić information content (AvgIpc) is 3.43. The van der Waals surface area contributed by atoms with E-state index in [2.05, 4.69) is 54.2 Å². The van der Waals surface area contributed by atoms with Gasteiger partial charge in [-0.1, -0.05) is 54.9 Å². The number of methoxy groups -OCH3 is 1. The zero-order valence-electron chi connectivity index (χ0n) is 21.8. The minimum absolute atomic E-state index is 0.0765. The van der Waals surface area contributed by atoms with Crippen molar-refractivity contribution in [2.75, 3.05) is 43.1 Å². The van der Waals surface area contributed by atoms with Crippen molar-refractivity contribution in [1.82, 2.24) is 20.2 Å². The van der Waals surface area contributed by atoms with Crippen molar-refractivity contribution >= 4 is 28.4 Å². The number of benzene rings is 1. The second kappa shape index (κ2) is 11.3. The van der Waals surface area contributed by atoms with Crippen LogP contribution in [0.2, 0.25) is 0 Å². The van der Waals surface area contributed by atoms with Crippen molar-refractivity contribution in [3.8, 4) is 21.7 Å². The Balaban J connectivity index is 1.02. The molecule has 38 heavy (non-hydrogen) atoms. The summed E-state index contributed by atoms with van der Waals surface area (Å²) in [5.41, 5.74) is 3.06. The summed E-state index contributed by atoms with van der Waals surface area (Å²) in [6.45, 7) is 3.14. The Labute approximate surface area is 227 Å². The summed E-state index contributed by atoms with van der Waals surface area (Å²) < 4.78 is 11.2. The standard InChI is InChI=1S/C28H34N6O3S/c1-36-26(35)22-17-34(18-22)28-32-31-25(38-28)20-9-7-19(8-10-20)21-15-29-27(30-16-21)33-13-11-24(12-14-33)37-23-5-3-2-4-6-23/h7-10,15-16,22-24H,2-6,11-14,17-18H2,1H3. The van der Waals surface area contributed by atoms with E-state index in [4.69, 9.17) is 9.47 Å². The number of nitrogens with zero attached hydrogens (tertiary/aromatic N) is 6. The number of aromatic nitrogens is 4. The molecule has 1 aliphatic carbocycles. The maximum atomic E-state index is 11.6. The second-order valence-corrected chi connectivity index (χ2v) is 11.4. The van der Waals surface area contributed by atoms with E-state index in [1.54, 1.807) is 0 Å². The van der Waals surface area contributed by atoms with Crippen LogP contribution in [0.4, 0.5) is 11.1 Å². The number of rotatable bonds is 7. The van der Waals surface area contributed by atoms with Gasteiger partial charge in [0.25, 0.3) is 0 Å². The van der Waals surface area contributed by atoms with Crippen LogP contribution in [0.25, 0.3) is 21.7 Å². The van der Waals surface area contributed by atoms with E-state index in [9.17, 15) is 4.79 Å². The van der Waals surface area contributed by atoms with Crippen LogP contribution >= 0.6 is 11.3 Å². The molecule has 6 rings (SSSR count). The molecule has 3 aromatic rings. The van der Waals surface area contributed by atoms with Gasteiger partial charge in [-0.3, -0.25) is 4.79 Å². The molecular weight excluding hydrogens is 500 g/mol. The lowest BCUT2D eigenvalue weighted by molar-refractivity contribution is -0.146. The van der Waals surface area contributed by atoms with Crippen LogP contribution in [0.5, 0.6) is 0 Å². The highest BCUT2D eigenvalue weighted by Crippen LogP contribution is 2.34. The number of carbonyl (C=O) groups excluding carboxylic acids is 1. The fourth-order valence-electron chi connectivity index (χ4n) is 5.51. The Hall–Kier alpha value is -3.11. The Kier molecular flexibility index (Phi) is 7.51. The average molecular weight is 535 g/mol. The lowest BCUT2D eigenvalue weighted by atomic mass is 9.97. The lowest BCUT2D eigenvalue weighted by Gasteiger charge is -2.36. The van der Waals surface area contributed by atoms with Crippen LogP contribution in [-0.2, 0) is 14.3 Å². The van der Waals surface area contributed by atoms with Crippen LogP contribution in [-0.4, -0.2) is 71.6 Å². The minimum Gasteiger partial charge on any atom is -0.469 e. The first-order valence-electron chi connectivity index (χ1n) is 13.7. The van der Waals surface area contributed by atoms with Gasteiger partial charge in [0.1, 0.15) is 5.01 Å². The molecule has 1 aromatic carbocycles. The lowest BCUT2D eigenvalue weighted by Crippen LogP contribution is -2.50. The van der Waals surface area contributed by atoms with E-state index in [0.29, 0.717) is 25.3 Å². The molecule has 0 amide bonds. The summed E-state index contributed by atoms with van der Waals surface area (Å²) in [5.74, 6) is 0.554. The summed E-state index contributed by atoms with van der Waals surface area (Å²) in [5, 5.41) is 10.4. The maximum Gasteiger partial charge on any atom is 0.312 e. The van der Waals surface area contributed by atoms with E-state index in [1.807, 2.05) is 12.4 Å². The van der Waals surface area contributed by atoms with E-state index < -0.39 is 0 Å². The highest BCUT2D eigenvalue weighted by molar-refractivity contribution is 7.18. The van der Waals surface area contributed by atoms with Gasteiger partial charge in [-0.05, 0) is 31.2 Å². The third kappa shape index (κ3) is 5.51. The second-order valence-electron chi connectivity index (χ2n) is 10.4. The molecule has 200 valence electrons. The number of esters is 1. The zero-order chi connectivity index (χ0) is 25.9. The van der Waals surface area contributed by atoms with Gasteiger partial charge in [-0.2, -0.15) is 0 Å². The molecule has 0 spiro atoms. The first-order chi connectivity index (χ1) is 18.7. The molecule has 9 nitrogen and oxygen atoms in total. The predicted octanol–water partition coefficient (Wildman–Crippen LogP) is 4.59. The number of piperidine rings is 1. The summed E-state index contributed by atoms with van der Waals surface area (Å²) >= 11 is 1.53. The minimum atomic E-state index is -0.164. The molecule has 3 fully saturated rings. The van der Waals surface area contributed by atoms with Crippen LogP contribution in [0.15, 0.2) is 36.7 Å². The SMILES string of the molecule is COC(=O)C1CN(c2nnc(-c3ccc(-c4cnc(N5CCC(OC6CCCCC6)CC5)nc4)cc3)s2)C1. The highest BCUT2D eigenvalue weighted by Gasteiger charge is 2.35. The normalized spacial score (nSPS) is 19.4. The molecule has 10 heteroatoms. The Morgan fingerprint density at radius 2 is 1.50 bits per heavy atom. The number of hydrogen-bond acceptors (Lipinski definition) is 10. The Morgan fingerprint density at radius 3 is 2.18 bits per heavy atom. The van der Waals surface area contributed by atoms with Gasteiger partial charge >= 0.3 is 5.97 Å². The number of carbonyl (C=O) groups is 1.